The molecule has 2 aromatic heterocycles. The Labute approximate surface area is 195 Å². The predicted octanol–water partition coefficient (Wildman–Crippen LogP) is 2.55. The van der Waals surface area contributed by atoms with E-state index in [0.29, 0.717) is 42.9 Å². The van der Waals surface area contributed by atoms with Gasteiger partial charge in [-0.3, -0.25) is 4.79 Å². The molecule has 0 bridgehead atoms. The van der Waals surface area contributed by atoms with Gasteiger partial charge in [0, 0.05) is 26.3 Å². The maximum absolute atomic E-state index is 12.2. The minimum Gasteiger partial charge on any atom is -0.454 e. The van der Waals surface area contributed by atoms with Gasteiger partial charge in [0.05, 0.1) is 24.7 Å². The number of hydrogen-bond acceptors (Lipinski definition) is 9. The normalized spacial score (nSPS) is 12.5. The van der Waals surface area contributed by atoms with E-state index in [9.17, 15) is 4.79 Å². The zero-order valence-electron chi connectivity index (χ0n) is 18.5. The van der Waals surface area contributed by atoms with E-state index in [1.165, 1.54) is 6.08 Å². The van der Waals surface area contributed by atoms with Crippen molar-refractivity contribution in [2.75, 3.05) is 44.7 Å². The molecule has 0 spiro atoms. The van der Waals surface area contributed by atoms with E-state index in [2.05, 4.69) is 32.6 Å². The van der Waals surface area contributed by atoms with Crippen molar-refractivity contribution < 1.29 is 19.0 Å². The maximum Gasteiger partial charge on any atom is 0.244 e. The molecule has 0 aliphatic carbocycles. The highest BCUT2D eigenvalue weighted by molar-refractivity contribution is 7.99. The van der Waals surface area contributed by atoms with Crippen molar-refractivity contribution in [3.63, 3.8) is 0 Å². The van der Waals surface area contributed by atoms with Crippen LogP contribution in [0.5, 0.6) is 11.5 Å². The maximum atomic E-state index is 12.2. The van der Waals surface area contributed by atoms with Gasteiger partial charge in [0.15, 0.2) is 22.3 Å². The number of anilines is 1. The van der Waals surface area contributed by atoms with Crippen LogP contribution in [-0.4, -0.2) is 65.0 Å². The first-order valence-electron chi connectivity index (χ1n) is 10.6. The molecule has 0 saturated heterocycles. The lowest BCUT2D eigenvalue weighted by molar-refractivity contribution is -0.116. The van der Waals surface area contributed by atoms with Gasteiger partial charge in [0.1, 0.15) is 5.82 Å². The average Bonchev–Trinajstić information content (AvgIpc) is 3.45. The SMILES string of the molecule is CCSc1nc(NCCOC)c2cnn(CCNC(=O)C=Cc3ccc4c(c3)OCO4)c2n1. The van der Waals surface area contributed by atoms with Gasteiger partial charge < -0.3 is 24.8 Å². The van der Waals surface area contributed by atoms with Gasteiger partial charge in [-0.05, 0) is 29.5 Å². The van der Waals surface area contributed by atoms with Gasteiger partial charge in [-0.2, -0.15) is 5.10 Å². The summed E-state index contributed by atoms with van der Waals surface area (Å²) in [5.74, 6) is 2.80. The Kier molecular flexibility index (Phi) is 7.63. The Morgan fingerprint density at radius 1 is 1.27 bits per heavy atom. The van der Waals surface area contributed by atoms with E-state index in [0.717, 1.165) is 28.2 Å². The number of thioether (sulfide) groups is 1. The highest BCUT2D eigenvalue weighted by atomic mass is 32.2. The smallest absolute Gasteiger partial charge is 0.244 e. The molecule has 4 rings (SSSR count). The van der Waals surface area contributed by atoms with E-state index in [1.54, 1.807) is 35.8 Å². The van der Waals surface area contributed by atoms with Gasteiger partial charge in [0.25, 0.3) is 0 Å². The average molecular weight is 471 g/mol. The van der Waals surface area contributed by atoms with Gasteiger partial charge >= 0.3 is 0 Å². The van der Waals surface area contributed by atoms with E-state index < -0.39 is 0 Å². The molecule has 10 nitrogen and oxygen atoms in total. The molecule has 1 amide bonds. The van der Waals surface area contributed by atoms with Gasteiger partial charge in [-0.25, -0.2) is 14.6 Å². The van der Waals surface area contributed by atoms with Crippen LogP contribution in [0, 0.1) is 0 Å². The minimum absolute atomic E-state index is 0.192. The van der Waals surface area contributed by atoms with Crippen molar-refractivity contribution in [1.82, 2.24) is 25.1 Å². The number of nitrogens with zero attached hydrogens (tertiary/aromatic N) is 4. The summed E-state index contributed by atoms with van der Waals surface area (Å²) < 4.78 is 17.5. The van der Waals surface area contributed by atoms with Crippen molar-refractivity contribution in [2.24, 2.45) is 0 Å². The fourth-order valence-corrected chi connectivity index (χ4v) is 3.80. The van der Waals surface area contributed by atoms with Crippen molar-refractivity contribution in [2.45, 2.75) is 18.6 Å². The molecule has 1 aliphatic rings. The van der Waals surface area contributed by atoms with Gasteiger partial charge in [-0.15, -0.1) is 0 Å². The second-order valence-electron chi connectivity index (χ2n) is 7.05. The number of benzene rings is 1. The number of nitrogens with one attached hydrogen (secondary N) is 2. The molecule has 33 heavy (non-hydrogen) atoms. The van der Waals surface area contributed by atoms with Crippen LogP contribution in [-0.2, 0) is 16.1 Å². The standard InChI is InChI=1S/C22H26N6O4S/c1-3-33-22-26-20(24-9-11-30-2)16-13-25-28(21(16)27-22)10-8-23-19(29)7-5-15-4-6-17-18(12-15)32-14-31-17/h4-7,12-13H,3,8-11,14H2,1-2H3,(H,23,29)(H,24,26,27). The monoisotopic (exact) mass is 470 g/mol. The molecule has 1 aliphatic heterocycles. The number of ether oxygens (including phenoxy) is 3. The van der Waals surface area contributed by atoms with E-state index in [4.69, 9.17) is 14.2 Å². The van der Waals surface area contributed by atoms with Crippen molar-refractivity contribution in [1.29, 1.82) is 0 Å². The second-order valence-corrected chi connectivity index (χ2v) is 8.28. The van der Waals surface area contributed by atoms with Crippen LogP contribution in [0.15, 0.2) is 35.6 Å². The summed E-state index contributed by atoms with van der Waals surface area (Å²) in [6.45, 7) is 4.38. The lowest BCUT2D eigenvalue weighted by Gasteiger charge is -2.09. The molecule has 3 heterocycles. The third-order valence-electron chi connectivity index (χ3n) is 4.79. The Morgan fingerprint density at radius 2 is 2.15 bits per heavy atom. The molecule has 1 aromatic carbocycles. The molecule has 0 atom stereocenters. The Morgan fingerprint density at radius 3 is 3.00 bits per heavy atom. The van der Waals surface area contributed by atoms with Crippen LogP contribution >= 0.6 is 11.8 Å². The Balaban J connectivity index is 1.37. The predicted molar refractivity (Wildman–Crippen MR) is 127 cm³/mol. The lowest BCUT2D eigenvalue weighted by atomic mass is 10.2. The number of methoxy groups -OCH3 is 1. The van der Waals surface area contributed by atoms with E-state index in [-0.39, 0.29) is 12.7 Å². The van der Waals surface area contributed by atoms with E-state index >= 15 is 0 Å². The quantitative estimate of drug-likeness (QED) is 0.189. The molecule has 11 heteroatoms. The Bertz CT molecular complexity index is 1150. The number of carbonyl (C=O) groups excluding carboxylic acids is 1. The molecule has 174 valence electrons. The van der Waals surface area contributed by atoms with Gasteiger partial charge in [0.2, 0.25) is 12.7 Å². The molecule has 0 saturated carbocycles. The third kappa shape index (κ3) is 5.74. The van der Waals surface area contributed by atoms with Crippen LogP contribution in [0.25, 0.3) is 17.1 Å². The number of hydrogen-bond donors (Lipinski definition) is 2. The molecular formula is C22H26N6O4S. The first kappa shape index (κ1) is 22.9. The molecule has 0 fully saturated rings. The molecule has 0 radical (unpaired) electrons. The number of amides is 1. The zero-order chi connectivity index (χ0) is 23.0. The number of aromatic nitrogens is 4. The summed E-state index contributed by atoms with van der Waals surface area (Å²) in [5.41, 5.74) is 1.59. The van der Waals surface area contributed by atoms with E-state index in [1.807, 2.05) is 18.2 Å². The summed E-state index contributed by atoms with van der Waals surface area (Å²) >= 11 is 1.57. The number of rotatable bonds is 11. The van der Waals surface area contributed by atoms with Crippen LogP contribution in [0.1, 0.15) is 12.5 Å². The number of fused-ring (bicyclic) bond motifs is 2. The lowest BCUT2D eigenvalue weighted by Crippen LogP contribution is -2.25. The minimum atomic E-state index is -0.192. The highest BCUT2D eigenvalue weighted by Gasteiger charge is 2.14. The zero-order valence-corrected chi connectivity index (χ0v) is 19.4. The fourth-order valence-electron chi connectivity index (χ4n) is 3.23. The van der Waals surface area contributed by atoms with Crippen LogP contribution < -0.4 is 20.1 Å². The summed E-state index contributed by atoms with van der Waals surface area (Å²) in [5, 5.41) is 12.1. The van der Waals surface area contributed by atoms with Crippen molar-refractivity contribution >= 4 is 40.6 Å². The Hall–Kier alpha value is -3.31. The number of carbonyl (C=O) groups is 1. The third-order valence-corrected chi connectivity index (χ3v) is 5.52. The van der Waals surface area contributed by atoms with Crippen LogP contribution in [0.4, 0.5) is 5.82 Å². The first-order chi connectivity index (χ1) is 16.2. The molecule has 3 aromatic rings. The van der Waals surface area contributed by atoms with Crippen molar-refractivity contribution in [3.8, 4) is 11.5 Å². The first-order valence-corrected chi connectivity index (χ1v) is 11.6. The second kappa shape index (κ2) is 11.0. The molecule has 0 unspecified atom stereocenters. The van der Waals surface area contributed by atoms with Crippen LogP contribution in [0.2, 0.25) is 0 Å². The summed E-state index contributed by atoms with van der Waals surface area (Å²) in [6, 6.07) is 5.54. The molecule has 2 N–H and O–H groups in total. The van der Waals surface area contributed by atoms with Crippen molar-refractivity contribution in [3.05, 3.63) is 36.0 Å². The topological polar surface area (TPSA) is 112 Å². The van der Waals surface area contributed by atoms with Crippen LogP contribution in [0.3, 0.4) is 0 Å². The highest BCUT2D eigenvalue weighted by Crippen LogP contribution is 2.32. The summed E-state index contributed by atoms with van der Waals surface area (Å²) in [7, 11) is 1.66. The summed E-state index contributed by atoms with van der Waals surface area (Å²) in [4.78, 5) is 21.5. The fraction of sp³-hybridized carbons (Fsp3) is 0.364. The van der Waals surface area contributed by atoms with Gasteiger partial charge in [-0.1, -0.05) is 24.8 Å². The summed E-state index contributed by atoms with van der Waals surface area (Å²) in [6.07, 6.45) is 4.97. The molecular weight excluding hydrogens is 444 g/mol. The largest absolute Gasteiger partial charge is 0.454 e.